The van der Waals surface area contributed by atoms with Crippen molar-refractivity contribution in [3.8, 4) is 5.75 Å². The molecule has 21 heavy (non-hydrogen) atoms. The van der Waals surface area contributed by atoms with Crippen molar-refractivity contribution >= 4 is 5.91 Å². The molecule has 0 saturated carbocycles. The summed E-state index contributed by atoms with van der Waals surface area (Å²) in [5.74, 6) is 0.703. The monoisotopic (exact) mass is 289 g/mol. The van der Waals surface area contributed by atoms with E-state index in [9.17, 15) is 4.79 Å². The van der Waals surface area contributed by atoms with E-state index >= 15 is 0 Å². The highest BCUT2D eigenvalue weighted by Gasteiger charge is 2.23. The summed E-state index contributed by atoms with van der Waals surface area (Å²) in [5.41, 5.74) is 2.78. The molecule has 0 radical (unpaired) electrons. The quantitative estimate of drug-likeness (QED) is 0.904. The molecular formula is C17H23NO3. The standard InChI is InChI=1S/C17H23NO3/c1-12(16-6-3-9-20-16)18-17(19)11-21-15-8-7-13-4-2-5-14(13)10-15/h7-8,10,12,16H,2-6,9,11H2,1H3,(H,18,19)/t12-,16+/m1/s1. The summed E-state index contributed by atoms with van der Waals surface area (Å²) < 4.78 is 11.2. The van der Waals surface area contributed by atoms with Gasteiger partial charge in [-0.25, -0.2) is 0 Å². The lowest BCUT2D eigenvalue weighted by molar-refractivity contribution is -0.124. The lowest BCUT2D eigenvalue weighted by Crippen LogP contribution is -2.42. The Bertz CT molecular complexity index is 509. The first-order valence-corrected chi connectivity index (χ1v) is 7.88. The highest BCUT2D eigenvalue weighted by Crippen LogP contribution is 2.25. The zero-order valence-corrected chi connectivity index (χ0v) is 12.6. The van der Waals surface area contributed by atoms with Gasteiger partial charge in [0.1, 0.15) is 5.75 Å². The Kier molecular flexibility index (Phi) is 4.44. The second kappa shape index (κ2) is 6.48. The third-order valence-corrected chi connectivity index (χ3v) is 4.35. The van der Waals surface area contributed by atoms with E-state index in [0.717, 1.165) is 38.0 Å². The molecule has 1 N–H and O–H groups in total. The van der Waals surface area contributed by atoms with Crippen molar-refractivity contribution in [2.75, 3.05) is 13.2 Å². The van der Waals surface area contributed by atoms with Gasteiger partial charge < -0.3 is 14.8 Å². The normalized spacial score (nSPS) is 21.9. The van der Waals surface area contributed by atoms with Crippen molar-refractivity contribution in [1.82, 2.24) is 5.32 Å². The summed E-state index contributed by atoms with van der Waals surface area (Å²) in [4.78, 5) is 11.9. The first-order chi connectivity index (χ1) is 10.2. The Balaban J connectivity index is 1.47. The first kappa shape index (κ1) is 14.4. The fraction of sp³-hybridized carbons (Fsp3) is 0.588. The number of rotatable bonds is 5. The van der Waals surface area contributed by atoms with E-state index in [1.165, 1.54) is 17.5 Å². The molecule has 0 spiro atoms. The number of ether oxygens (including phenoxy) is 2. The van der Waals surface area contributed by atoms with Gasteiger partial charge in [0.05, 0.1) is 12.1 Å². The Morgan fingerprint density at radius 1 is 1.38 bits per heavy atom. The molecule has 0 bridgehead atoms. The van der Waals surface area contributed by atoms with E-state index in [1.54, 1.807) is 0 Å². The van der Waals surface area contributed by atoms with Gasteiger partial charge in [-0.2, -0.15) is 0 Å². The van der Waals surface area contributed by atoms with Crippen LogP contribution in [0.1, 0.15) is 37.3 Å². The van der Waals surface area contributed by atoms with Crippen LogP contribution in [0.15, 0.2) is 18.2 Å². The average Bonchev–Trinajstić information content (AvgIpc) is 3.15. The summed E-state index contributed by atoms with van der Waals surface area (Å²) in [6.45, 7) is 2.86. The molecule has 1 saturated heterocycles. The Hall–Kier alpha value is -1.55. The number of amides is 1. The summed E-state index contributed by atoms with van der Waals surface area (Å²) >= 11 is 0. The molecule has 4 nitrogen and oxygen atoms in total. The topological polar surface area (TPSA) is 47.6 Å². The zero-order valence-electron chi connectivity index (χ0n) is 12.6. The van der Waals surface area contributed by atoms with E-state index in [-0.39, 0.29) is 24.7 Å². The number of hydrogen-bond donors (Lipinski definition) is 1. The number of carbonyl (C=O) groups excluding carboxylic acids is 1. The summed E-state index contributed by atoms with van der Waals surface area (Å²) in [6, 6.07) is 6.19. The minimum absolute atomic E-state index is 0.0450. The molecule has 2 aliphatic rings. The van der Waals surface area contributed by atoms with Crippen LogP contribution < -0.4 is 10.1 Å². The van der Waals surface area contributed by atoms with Gasteiger partial charge in [0.15, 0.2) is 6.61 Å². The maximum atomic E-state index is 11.9. The van der Waals surface area contributed by atoms with Crippen molar-refractivity contribution in [2.24, 2.45) is 0 Å². The van der Waals surface area contributed by atoms with Gasteiger partial charge in [0.2, 0.25) is 0 Å². The van der Waals surface area contributed by atoms with Crippen molar-refractivity contribution in [2.45, 2.75) is 51.2 Å². The van der Waals surface area contributed by atoms with Gasteiger partial charge in [-0.15, -0.1) is 0 Å². The van der Waals surface area contributed by atoms with Crippen LogP contribution in [0.4, 0.5) is 0 Å². The van der Waals surface area contributed by atoms with Crippen LogP contribution in [0.2, 0.25) is 0 Å². The van der Waals surface area contributed by atoms with E-state index in [4.69, 9.17) is 9.47 Å². The van der Waals surface area contributed by atoms with Gasteiger partial charge in [-0.05, 0) is 62.3 Å². The van der Waals surface area contributed by atoms with Gasteiger partial charge in [0.25, 0.3) is 5.91 Å². The van der Waals surface area contributed by atoms with Crippen LogP contribution in [0.3, 0.4) is 0 Å². The number of benzene rings is 1. The molecule has 1 heterocycles. The summed E-state index contributed by atoms with van der Waals surface area (Å²) in [7, 11) is 0. The van der Waals surface area contributed by atoms with E-state index in [2.05, 4.69) is 17.4 Å². The molecule has 3 rings (SSSR count). The van der Waals surface area contributed by atoms with Gasteiger partial charge in [0, 0.05) is 6.61 Å². The van der Waals surface area contributed by atoms with Crippen molar-refractivity contribution in [3.05, 3.63) is 29.3 Å². The lowest BCUT2D eigenvalue weighted by Gasteiger charge is -2.20. The zero-order chi connectivity index (χ0) is 14.7. The smallest absolute Gasteiger partial charge is 0.258 e. The fourth-order valence-electron chi connectivity index (χ4n) is 3.17. The van der Waals surface area contributed by atoms with Gasteiger partial charge in [-0.3, -0.25) is 4.79 Å². The molecule has 1 aliphatic carbocycles. The van der Waals surface area contributed by atoms with Gasteiger partial charge >= 0.3 is 0 Å². The number of carbonyl (C=O) groups is 1. The number of aryl methyl sites for hydroxylation is 2. The van der Waals surface area contributed by atoms with Crippen molar-refractivity contribution < 1.29 is 14.3 Å². The molecule has 114 valence electrons. The van der Waals surface area contributed by atoms with E-state index < -0.39 is 0 Å². The Morgan fingerprint density at radius 3 is 3.05 bits per heavy atom. The van der Waals surface area contributed by atoms with Crippen molar-refractivity contribution in [3.63, 3.8) is 0 Å². The Morgan fingerprint density at radius 2 is 2.24 bits per heavy atom. The highest BCUT2D eigenvalue weighted by atomic mass is 16.5. The predicted molar refractivity (Wildman–Crippen MR) is 80.5 cm³/mol. The lowest BCUT2D eigenvalue weighted by atomic mass is 10.1. The predicted octanol–water partition coefficient (Wildman–Crippen LogP) is 2.24. The molecule has 1 aromatic rings. The molecule has 4 heteroatoms. The minimum Gasteiger partial charge on any atom is -0.484 e. The van der Waals surface area contributed by atoms with Crippen LogP contribution in [0.5, 0.6) is 5.75 Å². The molecule has 1 aromatic carbocycles. The van der Waals surface area contributed by atoms with Crippen LogP contribution in [-0.2, 0) is 22.4 Å². The van der Waals surface area contributed by atoms with Crippen LogP contribution in [-0.4, -0.2) is 31.3 Å². The summed E-state index contributed by atoms with van der Waals surface area (Å²) in [5, 5.41) is 2.96. The molecule has 1 amide bonds. The molecule has 0 aromatic heterocycles. The highest BCUT2D eigenvalue weighted by molar-refractivity contribution is 5.77. The SMILES string of the molecule is C[C@@H](NC(=O)COc1ccc2c(c1)CCC2)[C@@H]1CCCO1. The van der Waals surface area contributed by atoms with Gasteiger partial charge in [-0.1, -0.05) is 6.07 Å². The van der Waals surface area contributed by atoms with Crippen LogP contribution in [0.25, 0.3) is 0 Å². The largest absolute Gasteiger partial charge is 0.484 e. The molecular weight excluding hydrogens is 266 g/mol. The number of nitrogens with one attached hydrogen (secondary N) is 1. The fourth-order valence-corrected chi connectivity index (χ4v) is 3.17. The van der Waals surface area contributed by atoms with E-state index in [1.807, 2.05) is 13.0 Å². The van der Waals surface area contributed by atoms with Crippen molar-refractivity contribution in [1.29, 1.82) is 0 Å². The van der Waals surface area contributed by atoms with Crippen LogP contribution in [0, 0.1) is 0 Å². The maximum absolute atomic E-state index is 11.9. The van der Waals surface area contributed by atoms with Crippen LogP contribution >= 0.6 is 0 Å². The third-order valence-electron chi connectivity index (χ3n) is 4.35. The molecule has 1 fully saturated rings. The minimum atomic E-state index is -0.0847. The maximum Gasteiger partial charge on any atom is 0.258 e. The second-order valence-corrected chi connectivity index (χ2v) is 5.98. The second-order valence-electron chi connectivity index (χ2n) is 5.98. The molecule has 0 unspecified atom stereocenters. The third kappa shape index (κ3) is 3.56. The number of fused-ring (bicyclic) bond motifs is 1. The molecule has 2 atom stereocenters. The average molecular weight is 289 g/mol. The molecule has 1 aliphatic heterocycles. The summed E-state index contributed by atoms with van der Waals surface area (Å²) in [6.07, 6.45) is 5.75. The number of hydrogen-bond acceptors (Lipinski definition) is 3. The first-order valence-electron chi connectivity index (χ1n) is 7.88. The van der Waals surface area contributed by atoms with E-state index in [0.29, 0.717) is 0 Å². The Labute approximate surface area is 125 Å².